The van der Waals surface area contributed by atoms with Crippen molar-refractivity contribution in [1.82, 2.24) is 4.98 Å². The predicted molar refractivity (Wildman–Crippen MR) is 69.3 cm³/mol. The second kappa shape index (κ2) is 4.34. The summed E-state index contributed by atoms with van der Waals surface area (Å²) in [5.41, 5.74) is 7.66. The van der Waals surface area contributed by atoms with Gasteiger partial charge < -0.3 is 10.5 Å². The number of ether oxygens (including phenoxy) is 1. The second-order valence-electron chi connectivity index (χ2n) is 5.25. The van der Waals surface area contributed by atoms with Crippen LogP contribution in [0.1, 0.15) is 48.2 Å². The van der Waals surface area contributed by atoms with Gasteiger partial charge in [0.2, 0.25) is 0 Å². The summed E-state index contributed by atoms with van der Waals surface area (Å²) in [5, 5.41) is 1.16. The first-order valence-electron chi connectivity index (χ1n) is 6.61. The molecule has 4 heteroatoms. The minimum atomic E-state index is -0.228. The fourth-order valence-corrected chi connectivity index (χ4v) is 4.12. The lowest BCUT2D eigenvalue weighted by atomic mass is 9.87. The van der Waals surface area contributed by atoms with Crippen LogP contribution < -0.4 is 5.73 Å². The molecule has 17 heavy (non-hydrogen) atoms. The van der Waals surface area contributed by atoms with Crippen molar-refractivity contribution in [2.45, 2.75) is 57.1 Å². The molecule has 0 saturated carbocycles. The van der Waals surface area contributed by atoms with Gasteiger partial charge in [0.15, 0.2) is 0 Å². The molecule has 2 aliphatic rings. The third kappa shape index (κ3) is 2.02. The summed E-state index contributed by atoms with van der Waals surface area (Å²) < 4.78 is 5.72. The average Bonchev–Trinajstić information content (AvgIpc) is 2.89. The fraction of sp³-hybridized carbons (Fsp3) is 0.769. The van der Waals surface area contributed by atoms with Crippen LogP contribution in [0, 0.1) is 0 Å². The first-order valence-corrected chi connectivity index (χ1v) is 7.42. The molecule has 1 aromatic heterocycles. The summed E-state index contributed by atoms with van der Waals surface area (Å²) in [7, 11) is 0. The molecular weight excluding hydrogens is 232 g/mol. The van der Waals surface area contributed by atoms with Crippen LogP contribution in [0.5, 0.6) is 0 Å². The molecule has 94 valence electrons. The monoisotopic (exact) mass is 252 g/mol. The Balaban J connectivity index is 1.85. The zero-order valence-corrected chi connectivity index (χ0v) is 11.2. The van der Waals surface area contributed by atoms with Crippen LogP contribution in [0.4, 0.5) is 0 Å². The van der Waals surface area contributed by atoms with Gasteiger partial charge in [0.25, 0.3) is 0 Å². The molecule has 1 aliphatic heterocycles. The third-order valence-corrected chi connectivity index (χ3v) is 5.35. The maximum atomic E-state index is 6.58. The summed E-state index contributed by atoms with van der Waals surface area (Å²) >= 11 is 1.85. The number of nitrogens with two attached hydrogens (primary N) is 1. The quantitative estimate of drug-likeness (QED) is 0.879. The molecule has 2 unspecified atom stereocenters. The number of nitrogens with zero attached hydrogens (tertiary/aromatic N) is 1. The smallest absolute Gasteiger partial charge is 0.113 e. The number of rotatable bonds is 2. The Morgan fingerprint density at radius 3 is 3.18 bits per heavy atom. The van der Waals surface area contributed by atoms with Gasteiger partial charge >= 0.3 is 0 Å². The van der Waals surface area contributed by atoms with E-state index < -0.39 is 0 Å². The van der Waals surface area contributed by atoms with Crippen LogP contribution in [0.2, 0.25) is 0 Å². The van der Waals surface area contributed by atoms with Gasteiger partial charge in [-0.2, -0.15) is 0 Å². The van der Waals surface area contributed by atoms with Crippen LogP contribution in [0.3, 0.4) is 0 Å². The molecule has 2 N–H and O–H groups in total. The van der Waals surface area contributed by atoms with Crippen LogP contribution in [-0.4, -0.2) is 17.7 Å². The highest BCUT2D eigenvalue weighted by molar-refractivity contribution is 7.12. The van der Waals surface area contributed by atoms with Gasteiger partial charge in [0.1, 0.15) is 5.01 Å². The largest absolute Gasteiger partial charge is 0.378 e. The van der Waals surface area contributed by atoms with E-state index in [-0.39, 0.29) is 5.54 Å². The Hall–Kier alpha value is -0.450. The van der Waals surface area contributed by atoms with Gasteiger partial charge in [-0.05, 0) is 38.5 Å². The predicted octanol–water partition coefficient (Wildman–Crippen LogP) is 2.37. The molecule has 1 fully saturated rings. The summed E-state index contributed by atoms with van der Waals surface area (Å²) in [4.78, 5) is 6.27. The average molecular weight is 252 g/mol. The van der Waals surface area contributed by atoms with E-state index >= 15 is 0 Å². The van der Waals surface area contributed by atoms with Crippen molar-refractivity contribution in [1.29, 1.82) is 0 Å². The first-order chi connectivity index (χ1) is 8.21. The van der Waals surface area contributed by atoms with E-state index in [4.69, 9.17) is 15.5 Å². The molecular formula is C13H20N2OS. The van der Waals surface area contributed by atoms with E-state index in [9.17, 15) is 0 Å². The maximum Gasteiger partial charge on any atom is 0.113 e. The van der Waals surface area contributed by atoms with E-state index in [0.717, 1.165) is 37.3 Å². The van der Waals surface area contributed by atoms with Crippen molar-refractivity contribution in [3.05, 3.63) is 15.6 Å². The zero-order valence-electron chi connectivity index (χ0n) is 10.4. The number of thiazole rings is 1. The molecule has 0 bridgehead atoms. The molecule has 1 aliphatic carbocycles. The standard InChI is InChI=1S/C13H20N2OS/c1-2-9-8-13(14,6-7-16-9)12-15-10-4-3-5-11(10)17-12/h9H,2-8,14H2,1H3. The van der Waals surface area contributed by atoms with Gasteiger partial charge in [0.05, 0.1) is 17.3 Å². The summed E-state index contributed by atoms with van der Waals surface area (Å²) in [6.45, 7) is 2.94. The lowest BCUT2D eigenvalue weighted by Gasteiger charge is -2.36. The van der Waals surface area contributed by atoms with E-state index in [0.29, 0.717) is 6.10 Å². The van der Waals surface area contributed by atoms with Gasteiger partial charge in [-0.1, -0.05) is 6.92 Å². The number of hydrogen-bond donors (Lipinski definition) is 1. The molecule has 3 nitrogen and oxygen atoms in total. The van der Waals surface area contributed by atoms with Gasteiger partial charge in [-0.3, -0.25) is 0 Å². The van der Waals surface area contributed by atoms with E-state index in [1.54, 1.807) is 0 Å². The highest BCUT2D eigenvalue weighted by Crippen LogP contribution is 2.38. The van der Waals surface area contributed by atoms with Crippen molar-refractivity contribution in [2.24, 2.45) is 5.73 Å². The van der Waals surface area contributed by atoms with Crippen LogP contribution in [0.15, 0.2) is 0 Å². The lowest BCUT2D eigenvalue weighted by Crippen LogP contribution is -2.45. The van der Waals surface area contributed by atoms with E-state index in [1.165, 1.54) is 23.4 Å². The Morgan fingerprint density at radius 1 is 1.53 bits per heavy atom. The molecule has 3 rings (SSSR count). The number of aryl methyl sites for hydroxylation is 2. The Labute approximate surface area is 106 Å². The summed E-state index contributed by atoms with van der Waals surface area (Å²) in [5.74, 6) is 0. The van der Waals surface area contributed by atoms with Crippen molar-refractivity contribution < 1.29 is 4.74 Å². The molecule has 1 aromatic rings. The molecule has 0 spiro atoms. The SMILES string of the molecule is CCC1CC(N)(c2nc3c(s2)CCC3)CCO1. The van der Waals surface area contributed by atoms with Crippen molar-refractivity contribution >= 4 is 11.3 Å². The third-order valence-electron chi connectivity index (χ3n) is 3.97. The van der Waals surface area contributed by atoms with Crippen LogP contribution >= 0.6 is 11.3 Å². The molecule has 0 aromatic carbocycles. The highest BCUT2D eigenvalue weighted by Gasteiger charge is 2.38. The highest BCUT2D eigenvalue weighted by atomic mass is 32.1. The Kier molecular flexibility index (Phi) is 2.97. The van der Waals surface area contributed by atoms with Crippen molar-refractivity contribution in [2.75, 3.05) is 6.61 Å². The van der Waals surface area contributed by atoms with Crippen LogP contribution in [0.25, 0.3) is 0 Å². The van der Waals surface area contributed by atoms with Gasteiger partial charge in [-0.25, -0.2) is 4.98 Å². The normalized spacial score (nSPS) is 32.7. The van der Waals surface area contributed by atoms with Gasteiger partial charge in [-0.15, -0.1) is 11.3 Å². The molecule has 1 saturated heterocycles. The summed E-state index contributed by atoms with van der Waals surface area (Å²) in [6, 6.07) is 0. The first kappa shape index (κ1) is 11.6. The number of hydrogen-bond acceptors (Lipinski definition) is 4. The molecule has 0 radical (unpaired) electrons. The summed E-state index contributed by atoms with van der Waals surface area (Å²) in [6.07, 6.45) is 6.82. The number of aromatic nitrogens is 1. The Bertz CT molecular complexity index is 396. The van der Waals surface area contributed by atoms with Crippen molar-refractivity contribution in [3.8, 4) is 0 Å². The lowest BCUT2D eigenvalue weighted by molar-refractivity contribution is -0.0214. The van der Waals surface area contributed by atoms with E-state index in [1.807, 2.05) is 11.3 Å². The van der Waals surface area contributed by atoms with Crippen molar-refractivity contribution in [3.63, 3.8) is 0 Å². The van der Waals surface area contributed by atoms with Gasteiger partial charge in [0, 0.05) is 11.5 Å². The second-order valence-corrected chi connectivity index (χ2v) is 6.34. The van der Waals surface area contributed by atoms with Crippen LogP contribution in [-0.2, 0) is 23.1 Å². The van der Waals surface area contributed by atoms with E-state index in [2.05, 4.69) is 6.92 Å². The number of fused-ring (bicyclic) bond motifs is 1. The fourth-order valence-electron chi connectivity index (χ4n) is 2.83. The molecule has 0 amide bonds. The topological polar surface area (TPSA) is 48.1 Å². The molecule has 2 atom stereocenters. The maximum absolute atomic E-state index is 6.58. The zero-order chi connectivity index (χ0) is 11.9. The molecule has 2 heterocycles. The minimum absolute atomic E-state index is 0.228. The minimum Gasteiger partial charge on any atom is -0.378 e. The Morgan fingerprint density at radius 2 is 2.41 bits per heavy atom.